The standard InChI is InChI=1S/C14H21FN2O/c1-16-9-11-4-6-17(7-5-11)10-12-2-3-14(18)13(15)8-12/h2-3,8,11,16,18H,4-7,9-10H2,1H3. The maximum atomic E-state index is 13.2. The van der Waals surface area contributed by atoms with E-state index < -0.39 is 5.82 Å². The maximum Gasteiger partial charge on any atom is 0.165 e. The summed E-state index contributed by atoms with van der Waals surface area (Å²) >= 11 is 0. The number of halogens is 1. The van der Waals surface area contributed by atoms with E-state index in [4.69, 9.17) is 5.11 Å². The van der Waals surface area contributed by atoms with Gasteiger partial charge in [-0.2, -0.15) is 0 Å². The molecule has 0 radical (unpaired) electrons. The number of hydrogen-bond acceptors (Lipinski definition) is 3. The van der Waals surface area contributed by atoms with E-state index in [1.165, 1.54) is 25.0 Å². The van der Waals surface area contributed by atoms with Crippen molar-refractivity contribution in [2.45, 2.75) is 19.4 Å². The molecule has 1 aliphatic heterocycles. The van der Waals surface area contributed by atoms with Gasteiger partial charge in [-0.25, -0.2) is 4.39 Å². The van der Waals surface area contributed by atoms with Gasteiger partial charge in [0.1, 0.15) is 0 Å². The minimum absolute atomic E-state index is 0.272. The van der Waals surface area contributed by atoms with E-state index in [9.17, 15) is 4.39 Å². The third-order valence-electron chi connectivity index (χ3n) is 3.62. The number of hydrogen-bond donors (Lipinski definition) is 2. The van der Waals surface area contributed by atoms with Crippen molar-refractivity contribution in [1.29, 1.82) is 0 Å². The molecule has 0 aliphatic carbocycles. The van der Waals surface area contributed by atoms with E-state index in [1.807, 2.05) is 7.05 Å². The zero-order valence-electron chi connectivity index (χ0n) is 10.8. The smallest absolute Gasteiger partial charge is 0.165 e. The molecule has 0 spiro atoms. The SMILES string of the molecule is CNCC1CCN(Cc2ccc(O)c(F)c2)CC1. The van der Waals surface area contributed by atoms with E-state index in [0.29, 0.717) is 0 Å². The summed E-state index contributed by atoms with van der Waals surface area (Å²) in [4.78, 5) is 2.35. The minimum atomic E-state index is -0.530. The lowest BCUT2D eigenvalue weighted by Gasteiger charge is -2.31. The van der Waals surface area contributed by atoms with Crippen LogP contribution in [0.5, 0.6) is 5.75 Å². The van der Waals surface area contributed by atoms with Crippen molar-refractivity contribution in [2.24, 2.45) is 5.92 Å². The summed E-state index contributed by atoms with van der Waals surface area (Å²) in [6.07, 6.45) is 2.39. The maximum absolute atomic E-state index is 13.2. The van der Waals surface area contributed by atoms with Crippen LogP contribution in [0.15, 0.2) is 18.2 Å². The zero-order chi connectivity index (χ0) is 13.0. The van der Waals surface area contributed by atoms with E-state index in [-0.39, 0.29) is 5.75 Å². The van der Waals surface area contributed by atoms with Crippen molar-refractivity contribution in [2.75, 3.05) is 26.7 Å². The molecule has 18 heavy (non-hydrogen) atoms. The molecule has 3 nitrogen and oxygen atoms in total. The Kier molecular flexibility index (Phi) is 4.55. The first-order valence-corrected chi connectivity index (χ1v) is 6.53. The zero-order valence-corrected chi connectivity index (χ0v) is 10.8. The molecule has 0 aromatic heterocycles. The Labute approximate surface area is 108 Å². The topological polar surface area (TPSA) is 35.5 Å². The predicted molar refractivity (Wildman–Crippen MR) is 70.0 cm³/mol. The van der Waals surface area contributed by atoms with Crippen LogP contribution >= 0.6 is 0 Å². The summed E-state index contributed by atoms with van der Waals surface area (Å²) in [5.41, 5.74) is 0.928. The van der Waals surface area contributed by atoms with Crippen LogP contribution in [0, 0.1) is 11.7 Å². The van der Waals surface area contributed by atoms with Gasteiger partial charge in [0.25, 0.3) is 0 Å². The summed E-state index contributed by atoms with van der Waals surface area (Å²) in [6.45, 7) is 3.98. The molecule has 1 aromatic carbocycles. The van der Waals surface area contributed by atoms with Crippen LogP contribution in [0.3, 0.4) is 0 Å². The second-order valence-electron chi connectivity index (χ2n) is 5.06. The molecule has 1 aromatic rings. The monoisotopic (exact) mass is 252 g/mol. The van der Waals surface area contributed by atoms with Crippen molar-refractivity contribution in [3.8, 4) is 5.75 Å². The van der Waals surface area contributed by atoms with Gasteiger partial charge in [-0.05, 0) is 63.1 Å². The highest BCUT2D eigenvalue weighted by molar-refractivity contribution is 5.27. The minimum Gasteiger partial charge on any atom is -0.505 e. The molecule has 4 heteroatoms. The summed E-state index contributed by atoms with van der Waals surface area (Å²) in [5, 5.41) is 12.4. The van der Waals surface area contributed by atoms with Gasteiger partial charge in [0, 0.05) is 6.54 Å². The fourth-order valence-corrected chi connectivity index (χ4v) is 2.54. The second-order valence-corrected chi connectivity index (χ2v) is 5.06. The molecule has 1 saturated heterocycles. The Bertz CT molecular complexity index is 389. The van der Waals surface area contributed by atoms with Crippen LogP contribution in [0.4, 0.5) is 4.39 Å². The molecule has 1 heterocycles. The lowest BCUT2D eigenvalue weighted by atomic mass is 9.96. The van der Waals surface area contributed by atoms with Crippen molar-refractivity contribution < 1.29 is 9.50 Å². The highest BCUT2D eigenvalue weighted by atomic mass is 19.1. The normalized spacial score (nSPS) is 18.1. The number of phenols is 1. The lowest BCUT2D eigenvalue weighted by Crippen LogP contribution is -2.36. The average Bonchev–Trinajstić information content (AvgIpc) is 2.37. The van der Waals surface area contributed by atoms with Crippen molar-refractivity contribution in [3.05, 3.63) is 29.6 Å². The number of likely N-dealkylation sites (tertiary alicyclic amines) is 1. The number of nitrogens with zero attached hydrogens (tertiary/aromatic N) is 1. The summed E-state index contributed by atoms with van der Waals surface area (Å²) in [6, 6.07) is 4.64. The predicted octanol–water partition coefficient (Wildman–Crippen LogP) is 1.96. The van der Waals surface area contributed by atoms with Gasteiger partial charge < -0.3 is 10.4 Å². The van der Waals surface area contributed by atoms with Crippen LogP contribution in [-0.4, -0.2) is 36.7 Å². The van der Waals surface area contributed by atoms with E-state index in [1.54, 1.807) is 6.07 Å². The van der Waals surface area contributed by atoms with E-state index >= 15 is 0 Å². The summed E-state index contributed by atoms with van der Waals surface area (Å²) in [7, 11) is 1.99. The molecular weight excluding hydrogens is 231 g/mol. The quantitative estimate of drug-likeness (QED) is 0.860. The van der Waals surface area contributed by atoms with Crippen molar-refractivity contribution in [1.82, 2.24) is 10.2 Å². The molecule has 0 bridgehead atoms. The van der Waals surface area contributed by atoms with Crippen LogP contribution < -0.4 is 5.32 Å². The van der Waals surface area contributed by atoms with Crippen molar-refractivity contribution >= 4 is 0 Å². The number of benzene rings is 1. The third kappa shape index (κ3) is 3.43. The fraction of sp³-hybridized carbons (Fsp3) is 0.571. The largest absolute Gasteiger partial charge is 0.505 e. The highest BCUT2D eigenvalue weighted by Crippen LogP contribution is 2.21. The second kappa shape index (κ2) is 6.16. The van der Waals surface area contributed by atoms with Gasteiger partial charge in [0.05, 0.1) is 0 Å². The van der Waals surface area contributed by atoms with Crippen LogP contribution in [0.2, 0.25) is 0 Å². The first-order chi connectivity index (χ1) is 8.69. The fourth-order valence-electron chi connectivity index (χ4n) is 2.54. The summed E-state index contributed by atoms with van der Waals surface area (Å²) < 4.78 is 13.2. The molecule has 1 aliphatic rings. The first-order valence-electron chi connectivity index (χ1n) is 6.53. The molecule has 0 unspecified atom stereocenters. The summed E-state index contributed by atoms with van der Waals surface area (Å²) in [5.74, 6) is -0.0353. The molecular formula is C14H21FN2O. The Morgan fingerprint density at radius 1 is 1.39 bits per heavy atom. The van der Waals surface area contributed by atoms with Gasteiger partial charge in [0.2, 0.25) is 0 Å². The Hall–Kier alpha value is -1.13. The molecule has 100 valence electrons. The third-order valence-corrected chi connectivity index (χ3v) is 3.62. The first kappa shape index (κ1) is 13.3. The number of piperidine rings is 1. The Balaban J connectivity index is 1.85. The average molecular weight is 252 g/mol. The van der Waals surface area contributed by atoms with Gasteiger partial charge in [-0.1, -0.05) is 6.07 Å². The molecule has 0 amide bonds. The van der Waals surface area contributed by atoms with Gasteiger partial charge >= 0.3 is 0 Å². The lowest BCUT2D eigenvalue weighted by molar-refractivity contribution is 0.176. The molecule has 1 fully saturated rings. The van der Waals surface area contributed by atoms with Crippen LogP contribution in [0.1, 0.15) is 18.4 Å². The van der Waals surface area contributed by atoms with Gasteiger partial charge in [-0.3, -0.25) is 4.90 Å². The Morgan fingerprint density at radius 2 is 2.11 bits per heavy atom. The number of aromatic hydroxyl groups is 1. The molecule has 2 rings (SSSR count). The highest BCUT2D eigenvalue weighted by Gasteiger charge is 2.18. The van der Waals surface area contributed by atoms with Crippen LogP contribution in [0.25, 0.3) is 0 Å². The number of rotatable bonds is 4. The molecule has 0 atom stereocenters. The number of phenolic OH excluding ortho intramolecular Hbond substituents is 1. The molecule has 2 N–H and O–H groups in total. The van der Waals surface area contributed by atoms with E-state index in [2.05, 4.69) is 10.2 Å². The van der Waals surface area contributed by atoms with Crippen LogP contribution in [-0.2, 0) is 6.54 Å². The Morgan fingerprint density at radius 3 is 2.72 bits per heavy atom. The van der Waals surface area contributed by atoms with Gasteiger partial charge in [0.15, 0.2) is 11.6 Å². The number of nitrogens with one attached hydrogen (secondary N) is 1. The van der Waals surface area contributed by atoms with E-state index in [0.717, 1.165) is 37.7 Å². The van der Waals surface area contributed by atoms with Crippen molar-refractivity contribution in [3.63, 3.8) is 0 Å². The van der Waals surface area contributed by atoms with Gasteiger partial charge in [-0.15, -0.1) is 0 Å². The molecule has 0 saturated carbocycles.